The lowest BCUT2D eigenvalue weighted by molar-refractivity contribution is -0.123. The molecule has 0 aliphatic heterocycles. The monoisotopic (exact) mass is 436 g/mol. The minimum absolute atomic E-state index is 0.144. The van der Waals surface area contributed by atoms with E-state index in [1.54, 1.807) is 12.1 Å². The summed E-state index contributed by atoms with van der Waals surface area (Å²) >= 11 is 5.92. The Labute approximate surface area is 187 Å². The van der Waals surface area contributed by atoms with Crippen LogP contribution in [0.15, 0.2) is 54.7 Å². The number of benzene rings is 2. The van der Waals surface area contributed by atoms with Crippen LogP contribution in [0.2, 0.25) is 5.02 Å². The number of carbonyl (C=O) groups excluding carboxylic acids is 1. The molecule has 1 heterocycles. The van der Waals surface area contributed by atoms with Crippen molar-refractivity contribution in [1.29, 1.82) is 0 Å². The van der Waals surface area contributed by atoms with Crippen molar-refractivity contribution in [3.05, 3.63) is 76.7 Å². The van der Waals surface area contributed by atoms with Gasteiger partial charge in [-0.2, -0.15) is 0 Å². The molecule has 0 saturated heterocycles. The zero-order chi connectivity index (χ0) is 21.4. The first-order valence-corrected chi connectivity index (χ1v) is 11.5. The minimum atomic E-state index is -0.216. The van der Waals surface area contributed by atoms with Crippen molar-refractivity contribution in [3.8, 4) is 0 Å². The third-order valence-corrected chi connectivity index (χ3v) is 7.54. The Kier molecular flexibility index (Phi) is 5.43. The molecule has 3 nitrogen and oxygen atoms in total. The van der Waals surface area contributed by atoms with Crippen molar-refractivity contribution in [2.75, 3.05) is 6.54 Å². The van der Waals surface area contributed by atoms with Crippen molar-refractivity contribution in [2.24, 2.45) is 11.3 Å². The summed E-state index contributed by atoms with van der Waals surface area (Å²) in [7, 11) is 0. The van der Waals surface area contributed by atoms with Gasteiger partial charge >= 0.3 is 0 Å². The number of nitrogens with zero attached hydrogens (tertiary/aromatic N) is 1. The van der Waals surface area contributed by atoms with E-state index in [-0.39, 0.29) is 23.1 Å². The zero-order valence-electron chi connectivity index (χ0n) is 17.4. The quantitative estimate of drug-likeness (QED) is 0.529. The van der Waals surface area contributed by atoms with Gasteiger partial charge in [0.05, 0.1) is 5.52 Å². The summed E-state index contributed by atoms with van der Waals surface area (Å²) < 4.78 is 13.8. The molecule has 1 spiro atoms. The maximum Gasteiger partial charge on any atom is 0.223 e. The number of fused-ring (bicyclic) bond motifs is 1. The van der Waals surface area contributed by atoms with Crippen molar-refractivity contribution in [1.82, 2.24) is 10.3 Å². The molecule has 0 bridgehead atoms. The first kappa shape index (κ1) is 20.4. The van der Waals surface area contributed by atoms with Crippen molar-refractivity contribution < 1.29 is 9.18 Å². The maximum atomic E-state index is 13.8. The van der Waals surface area contributed by atoms with Gasteiger partial charge in [0.2, 0.25) is 5.91 Å². The van der Waals surface area contributed by atoms with E-state index in [9.17, 15) is 9.18 Å². The molecule has 2 fully saturated rings. The van der Waals surface area contributed by atoms with Crippen LogP contribution in [0, 0.1) is 17.2 Å². The van der Waals surface area contributed by atoms with Gasteiger partial charge in [-0.1, -0.05) is 23.7 Å². The largest absolute Gasteiger partial charge is 0.356 e. The van der Waals surface area contributed by atoms with E-state index >= 15 is 0 Å². The van der Waals surface area contributed by atoms with Gasteiger partial charge in [-0.05, 0) is 97.4 Å². The van der Waals surface area contributed by atoms with Crippen LogP contribution in [0.25, 0.3) is 10.9 Å². The Morgan fingerprint density at radius 2 is 1.90 bits per heavy atom. The van der Waals surface area contributed by atoms with Gasteiger partial charge in [0, 0.05) is 29.1 Å². The molecule has 3 aromatic rings. The van der Waals surface area contributed by atoms with Gasteiger partial charge in [-0.15, -0.1) is 0 Å². The molecule has 2 saturated carbocycles. The van der Waals surface area contributed by atoms with Gasteiger partial charge in [-0.3, -0.25) is 9.78 Å². The fourth-order valence-corrected chi connectivity index (χ4v) is 5.50. The Bertz CT molecular complexity index is 1110. The van der Waals surface area contributed by atoms with Crippen LogP contribution in [0.5, 0.6) is 0 Å². The summed E-state index contributed by atoms with van der Waals surface area (Å²) in [6.07, 6.45) is 7.86. The van der Waals surface area contributed by atoms with Crippen molar-refractivity contribution >= 4 is 28.4 Å². The molecular formula is C26H26ClFN2O. The number of hydrogen-bond donors (Lipinski definition) is 1. The summed E-state index contributed by atoms with van der Waals surface area (Å²) in [6.45, 7) is 0.657. The Balaban J connectivity index is 1.16. The fourth-order valence-electron chi connectivity index (χ4n) is 5.37. The van der Waals surface area contributed by atoms with Gasteiger partial charge in [0.1, 0.15) is 5.82 Å². The number of hydrogen-bond acceptors (Lipinski definition) is 2. The van der Waals surface area contributed by atoms with E-state index in [0.717, 1.165) is 54.5 Å². The van der Waals surface area contributed by atoms with Gasteiger partial charge in [0.15, 0.2) is 0 Å². The third kappa shape index (κ3) is 4.18. The van der Waals surface area contributed by atoms with E-state index in [2.05, 4.69) is 10.3 Å². The minimum Gasteiger partial charge on any atom is -0.356 e. The van der Waals surface area contributed by atoms with Crippen LogP contribution in [0.3, 0.4) is 0 Å². The number of carbonyl (C=O) groups is 1. The number of nitrogens with one attached hydrogen (secondary N) is 1. The molecule has 1 unspecified atom stereocenters. The lowest BCUT2D eigenvalue weighted by Gasteiger charge is -2.30. The second-order valence-electron chi connectivity index (χ2n) is 9.12. The van der Waals surface area contributed by atoms with E-state index < -0.39 is 0 Å². The van der Waals surface area contributed by atoms with E-state index in [1.807, 2.05) is 36.5 Å². The predicted molar refractivity (Wildman–Crippen MR) is 122 cm³/mol. The molecule has 5 rings (SSSR count). The second kappa shape index (κ2) is 8.23. The first-order chi connectivity index (χ1) is 15.0. The predicted octanol–water partition coefficient (Wildman–Crippen LogP) is 6.05. The summed E-state index contributed by atoms with van der Waals surface area (Å²) in [4.78, 5) is 17.1. The number of halogens is 2. The molecule has 1 N–H and O–H groups in total. The van der Waals surface area contributed by atoms with Crippen LogP contribution in [-0.4, -0.2) is 17.4 Å². The van der Waals surface area contributed by atoms with Gasteiger partial charge < -0.3 is 5.32 Å². The lowest BCUT2D eigenvalue weighted by Crippen LogP contribution is -2.30. The normalized spacial score (nSPS) is 25.0. The molecule has 1 amide bonds. The smallest absolute Gasteiger partial charge is 0.223 e. The first-order valence-electron chi connectivity index (χ1n) is 11.1. The van der Waals surface area contributed by atoms with Crippen LogP contribution >= 0.6 is 11.6 Å². The molecule has 31 heavy (non-hydrogen) atoms. The number of rotatable bonds is 5. The number of aromatic nitrogens is 1. The SMILES string of the molecule is O=C(NCCc1ccc(Cl)cc1)C1CC12CCC(c1ccnc3ccc(F)cc13)CC2. The molecule has 5 heteroatoms. The Morgan fingerprint density at radius 1 is 1.13 bits per heavy atom. The van der Waals surface area contributed by atoms with Crippen molar-refractivity contribution in [3.63, 3.8) is 0 Å². The summed E-state index contributed by atoms with van der Waals surface area (Å²) in [5.41, 5.74) is 3.40. The molecule has 0 radical (unpaired) electrons. The zero-order valence-corrected chi connectivity index (χ0v) is 18.2. The second-order valence-corrected chi connectivity index (χ2v) is 9.56. The summed E-state index contributed by atoms with van der Waals surface area (Å²) in [5.74, 6) is 0.535. The van der Waals surface area contributed by atoms with E-state index in [0.29, 0.717) is 12.5 Å². The highest BCUT2D eigenvalue weighted by atomic mass is 35.5. The highest BCUT2D eigenvalue weighted by Crippen LogP contribution is 2.63. The average molecular weight is 437 g/mol. The molecular weight excluding hydrogens is 411 g/mol. The highest BCUT2D eigenvalue weighted by Gasteiger charge is 2.58. The molecule has 2 aromatic carbocycles. The third-order valence-electron chi connectivity index (χ3n) is 7.29. The van der Waals surface area contributed by atoms with Crippen LogP contribution in [-0.2, 0) is 11.2 Å². The van der Waals surface area contributed by atoms with Crippen LogP contribution in [0.4, 0.5) is 4.39 Å². The molecule has 2 aliphatic carbocycles. The van der Waals surface area contributed by atoms with E-state index in [1.165, 1.54) is 17.2 Å². The van der Waals surface area contributed by atoms with Crippen molar-refractivity contribution in [2.45, 2.75) is 44.4 Å². The fraction of sp³-hybridized carbons (Fsp3) is 0.385. The topological polar surface area (TPSA) is 42.0 Å². The van der Waals surface area contributed by atoms with Gasteiger partial charge in [-0.25, -0.2) is 4.39 Å². The lowest BCUT2D eigenvalue weighted by atomic mass is 9.75. The molecule has 160 valence electrons. The standard InChI is InChI=1S/C26H26ClFN2O/c27-19-3-1-17(2-4-19)9-13-30-25(31)23-16-26(23)11-7-18(8-12-26)21-10-14-29-24-6-5-20(28)15-22(21)24/h1-6,10,14-15,18,23H,7-9,11-13,16H2,(H,30,31). The number of pyridine rings is 1. The Morgan fingerprint density at radius 3 is 2.68 bits per heavy atom. The van der Waals surface area contributed by atoms with Crippen LogP contribution < -0.4 is 5.32 Å². The summed E-state index contributed by atoms with van der Waals surface area (Å²) in [6, 6.07) is 14.6. The van der Waals surface area contributed by atoms with E-state index in [4.69, 9.17) is 11.6 Å². The highest BCUT2D eigenvalue weighted by molar-refractivity contribution is 6.30. The Hall–Kier alpha value is -2.46. The molecule has 1 atom stereocenters. The maximum absolute atomic E-state index is 13.8. The molecule has 1 aromatic heterocycles. The number of amides is 1. The average Bonchev–Trinajstić information content (AvgIpc) is 3.48. The van der Waals surface area contributed by atoms with Gasteiger partial charge in [0.25, 0.3) is 0 Å². The summed E-state index contributed by atoms with van der Waals surface area (Å²) in [5, 5.41) is 4.79. The molecule has 2 aliphatic rings. The van der Waals surface area contributed by atoms with Crippen LogP contribution in [0.1, 0.15) is 49.1 Å².